The molecule has 0 spiro atoms. The van der Waals surface area contributed by atoms with Gasteiger partial charge in [0.05, 0.1) is 18.8 Å². The van der Waals surface area contributed by atoms with E-state index >= 15 is 0 Å². The second kappa shape index (κ2) is 6.80. The first-order valence-corrected chi connectivity index (χ1v) is 8.22. The van der Waals surface area contributed by atoms with Crippen molar-refractivity contribution >= 4 is 0 Å². The Morgan fingerprint density at radius 3 is 2.74 bits per heavy atom. The van der Waals surface area contributed by atoms with Crippen molar-refractivity contribution in [1.29, 1.82) is 0 Å². The van der Waals surface area contributed by atoms with Gasteiger partial charge in [-0.15, -0.1) is 0 Å². The summed E-state index contributed by atoms with van der Waals surface area (Å²) in [5.41, 5.74) is 0.983. The van der Waals surface area contributed by atoms with Gasteiger partial charge >= 0.3 is 0 Å². The minimum atomic E-state index is 0.496. The van der Waals surface area contributed by atoms with Crippen LogP contribution in [-0.4, -0.2) is 51.1 Å². The van der Waals surface area contributed by atoms with E-state index in [1.54, 1.807) is 0 Å². The SMILES string of the molecule is CCc1nc(CN(C)[C@@H]2CCN(Cc3nc(C)c(C)o3)C2)no1. The molecule has 0 bridgehead atoms. The van der Waals surface area contributed by atoms with E-state index < -0.39 is 0 Å². The standard InChI is InChI=1S/C16H25N5O2/c1-5-15-18-14(19-23-15)9-20(4)13-6-7-21(8-13)10-16-17-11(2)12(3)22-16/h13H,5-10H2,1-4H3/t13-/m1/s1. The van der Waals surface area contributed by atoms with Crippen LogP contribution in [0.25, 0.3) is 0 Å². The molecule has 0 amide bonds. The fraction of sp³-hybridized carbons (Fsp3) is 0.688. The molecular weight excluding hydrogens is 294 g/mol. The van der Waals surface area contributed by atoms with Gasteiger partial charge in [-0.3, -0.25) is 9.80 Å². The van der Waals surface area contributed by atoms with Crippen LogP contribution in [0.3, 0.4) is 0 Å². The van der Waals surface area contributed by atoms with E-state index in [4.69, 9.17) is 8.94 Å². The van der Waals surface area contributed by atoms with Crippen molar-refractivity contribution in [2.45, 2.75) is 52.7 Å². The van der Waals surface area contributed by atoms with Gasteiger partial charge in [0.2, 0.25) is 11.8 Å². The Bertz CT molecular complexity index is 631. The summed E-state index contributed by atoms with van der Waals surface area (Å²) in [6.07, 6.45) is 1.91. The highest BCUT2D eigenvalue weighted by Crippen LogP contribution is 2.19. The molecule has 7 heteroatoms. The van der Waals surface area contributed by atoms with Crippen LogP contribution in [0.1, 0.15) is 42.4 Å². The molecule has 0 radical (unpaired) electrons. The number of aromatic nitrogens is 3. The van der Waals surface area contributed by atoms with Crippen molar-refractivity contribution in [1.82, 2.24) is 24.9 Å². The predicted molar refractivity (Wildman–Crippen MR) is 84.8 cm³/mol. The molecule has 0 aliphatic carbocycles. The van der Waals surface area contributed by atoms with Gasteiger partial charge < -0.3 is 8.94 Å². The molecule has 126 valence electrons. The Morgan fingerprint density at radius 1 is 1.26 bits per heavy atom. The van der Waals surface area contributed by atoms with Gasteiger partial charge in [0.1, 0.15) is 5.76 Å². The van der Waals surface area contributed by atoms with E-state index in [-0.39, 0.29) is 0 Å². The summed E-state index contributed by atoms with van der Waals surface area (Å²) >= 11 is 0. The van der Waals surface area contributed by atoms with Gasteiger partial charge in [0.15, 0.2) is 5.82 Å². The Balaban J connectivity index is 1.52. The topological polar surface area (TPSA) is 71.4 Å². The second-order valence-electron chi connectivity index (χ2n) is 6.30. The Morgan fingerprint density at radius 2 is 2.09 bits per heavy atom. The number of aryl methyl sites for hydroxylation is 3. The first kappa shape index (κ1) is 16.1. The normalized spacial score (nSPS) is 19.1. The van der Waals surface area contributed by atoms with Crippen LogP contribution in [0.15, 0.2) is 8.94 Å². The van der Waals surface area contributed by atoms with Crippen molar-refractivity contribution < 1.29 is 8.94 Å². The van der Waals surface area contributed by atoms with Crippen LogP contribution in [0, 0.1) is 13.8 Å². The molecule has 0 N–H and O–H groups in total. The van der Waals surface area contributed by atoms with Crippen molar-refractivity contribution in [3.8, 4) is 0 Å². The predicted octanol–water partition coefficient (Wildman–Crippen LogP) is 1.94. The Hall–Kier alpha value is -1.73. The van der Waals surface area contributed by atoms with Crippen LogP contribution in [0.2, 0.25) is 0 Å². The quantitative estimate of drug-likeness (QED) is 0.805. The van der Waals surface area contributed by atoms with Gasteiger partial charge in [-0.1, -0.05) is 12.1 Å². The Labute approximate surface area is 136 Å². The van der Waals surface area contributed by atoms with Crippen LogP contribution < -0.4 is 0 Å². The zero-order valence-electron chi connectivity index (χ0n) is 14.4. The molecule has 2 aromatic heterocycles. The van der Waals surface area contributed by atoms with Crippen molar-refractivity contribution in [2.75, 3.05) is 20.1 Å². The van der Waals surface area contributed by atoms with Crippen molar-refractivity contribution in [2.24, 2.45) is 0 Å². The van der Waals surface area contributed by atoms with Crippen LogP contribution in [0.5, 0.6) is 0 Å². The minimum Gasteiger partial charge on any atom is -0.444 e. The monoisotopic (exact) mass is 319 g/mol. The average molecular weight is 319 g/mol. The number of nitrogens with zero attached hydrogens (tertiary/aromatic N) is 5. The van der Waals surface area contributed by atoms with Crippen LogP contribution in [0.4, 0.5) is 0 Å². The third kappa shape index (κ3) is 3.79. The van der Waals surface area contributed by atoms with Gasteiger partial charge in [0.25, 0.3) is 0 Å². The van der Waals surface area contributed by atoms with Gasteiger partial charge in [0, 0.05) is 25.6 Å². The number of oxazole rings is 1. The first-order valence-electron chi connectivity index (χ1n) is 8.22. The fourth-order valence-electron chi connectivity index (χ4n) is 2.96. The number of likely N-dealkylation sites (tertiary alicyclic amines) is 1. The van der Waals surface area contributed by atoms with E-state index in [9.17, 15) is 0 Å². The highest BCUT2D eigenvalue weighted by Gasteiger charge is 2.27. The molecule has 1 fully saturated rings. The maximum Gasteiger partial charge on any atom is 0.226 e. The third-order valence-electron chi connectivity index (χ3n) is 4.51. The average Bonchev–Trinajstić information content (AvgIpc) is 3.21. The largest absolute Gasteiger partial charge is 0.444 e. The highest BCUT2D eigenvalue weighted by molar-refractivity contribution is 5.05. The molecule has 23 heavy (non-hydrogen) atoms. The minimum absolute atomic E-state index is 0.496. The summed E-state index contributed by atoms with van der Waals surface area (Å²) in [5.74, 6) is 3.20. The molecule has 3 heterocycles. The summed E-state index contributed by atoms with van der Waals surface area (Å²) in [5, 5.41) is 4.03. The fourth-order valence-corrected chi connectivity index (χ4v) is 2.96. The summed E-state index contributed by atoms with van der Waals surface area (Å²) in [6, 6.07) is 0.496. The molecule has 1 atom stereocenters. The molecule has 1 aliphatic heterocycles. The molecule has 2 aromatic rings. The molecule has 7 nitrogen and oxygen atoms in total. The lowest BCUT2D eigenvalue weighted by Gasteiger charge is -2.22. The molecule has 0 aromatic carbocycles. The molecule has 1 saturated heterocycles. The lowest BCUT2D eigenvalue weighted by atomic mass is 10.2. The zero-order chi connectivity index (χ0) is 16.4. The van der Waals surface area contributed by atoms with Crippen LogP contribution in [-0.2, 0) is 19.5 Å². The second-order valence-corrected chi connectivity index (χ2v) is 6.30. The third-order valence-corrected chi connectivity index (χ3v) is 4.51. The molecule has 3 rings (SSSR count). The van der Waals surface area contributed by atoms with E-state index in [1.165, 1.54) is 0 Å². The molecule has 0 saturated carbocycles. The maximum atomic E-state index is 5.68. The molecule has 0 unspecified atom stereocenters. The molecular formula is C16H25N5O2. The Kier molecular flexibility index (Phi) is 4.77. The highest BCUT2D eigenvalue weighted by atomic mass is 16.5. The van der Waals surface area contributed by atoms with Crippen LogP contribution >= 0.6 is 0 Å². The number of hydrogen-bond donors (Lipinski definition) is 0. The summed E-state index contributed by atoms with van der Waals surface area (Å²) in [6.45, 7) is 9.53. The van der Waals surface area contributed by atoms with Crippen molar-refractivity contribution in [3.63, 3.8) is 0 Å². The smallest absolute Gasteiger partial charge is 0.226 e. The van der Waals surface area contributed by atoms with Crippen molar-refractivity contribution in [3.05, 3.63) is 29.1 Å². The molecule has 1 aliphatic rings. The van der Waals surface area contributed by atoms with Gasteiger partial charge in [-0.05, 0) is 27.3 Å². The lowest BCUT2D eigenvalue weighted by molar-refractivity contribution is 0.209. The number of hydrogen-bond acceptors (Lipinski definition) is 7. The number of likely N-dealkylation sites (N-methyl/N-ethyl adjacent to an activating group) is 1. The first-order chi connectivity index (χ1) is 11.0. The number of rotatable bonds is 6. The van der Waals surface area contributed by atoms with E-state index in [1.807, 2.05) is 20.8 Å². The van der Waals surface area contributed by atoms with Gasteiger partial charge in [-0.25, -0.2) is 4.98 Å². The van der Waals surface area contributed by atoms with E-state index in [2.05, 4.69) is 32.0 Å². The summed E-state index contributed by atoms with van der Waals surface area (Å²) < 4.78 is 10.9. The summed E-state index contributed by atoms with van der Waals surface area (Å²) in [7, 11) is 2.12. The lowest BCUT2D eigenvalue weighted by Crippen LogP contribution is -2.34. The van der Waals surface area contributed by atoms with E-state index in [0.29, 0.717) is 11.9 Å². The van der Waals surface area contributed by atoms with Gasteiger partial charge in [-0.2, -0.15) is 4.98 Å². The summed E-state index contributed by atoms with van der Waals surface area (Å²) in [4.78, 5) is 13.5. The van der Waals surface area contributed by atoms with E-state index in [0.717, 1.165) is 62.2 Å². The zero-order valence-corrected chi connectivity index (χ0v) is 14.4. The maximum absolute atomic E-state index is 5.68.